The molecular weight excluding hydrogens is 250 g/mol. The molecule has 19 heavy (non-hydrogen) atoms. The summed E-state index contributed by atoms with van der Waals surface area (Å²) in [7, 11) is 0. The van der Waals surface area contributed by atoms with E-state index in [-0.39, 0.29) is 18.2 Å². The number of oxazole rings is 1. The lowest BCUT2D eigenvalue weighted by Gasteiger charge is -2.33. The third-order valence-electron chi connectivity index (χ3n) is 3.12. The predicted molar refractivity (Wildman–Crippen MR) is 66.0 cm³/mol. The van der Waals surface area contributed by atoms with Crippen LogP contribution in [0.2, 0.25) is 0 Å². The lowest BCUT2D eigenvalue weighted by Crippen LogP contribution is -2.49. The third kappa shape index (κ3) is 3.11. The minimum atomic E-state index is -0.846. The number of aliphatic carboxylic acids is 1. The maximum absolute atomic E-state index is 12.2. The highest BCUT2D eigenvalue weighted by atomic mass is 16.4. The molecule has 0 atom stereocenters. The molecule has 7 heteroatoms. The molecule has 1 aliphatic rings. The van der Waals surface area contributed by atoms with Crippen molar-refractivity contribution < 1.29 is 19.1 Å². The van der Waals surface area contributed by atoms with Crippen molar-refractivity contribution in [3.05, 3.63) is 17.3 Å². The summed E-state index contributed by atoms with van der Waals surface area (Å²) in [6.45, 7) is 5.59. The average molecular weight is 267 g/mol. The summed E-state index contributed by atoms with van der Waals surface area (Å²) >= 11 is 0. The lowest BCUT2D eigenvalue weighted by molar-refractivity contribution is -0.138. The van der Waals surface area contributed by atoms with E-state index in [9.17, 15) is 9.59 Å². The molecule has 1 aromatic rings. The second-order valence-corrected chi connectivity index (χ2v) is 4.61. The van der Waals surface area contributed by atoms with Gasteiger partial charge in [-0.05, 0) is 6.92 Å². The summed E-state index contributed by atoms with van der Waals surface area (Å²) < 4.78 is 5.31. The van der Waals surface area contributed by atoms with Gasteiger partial charge in [0.1, 0.15) is 0 Å². The maximum Gasteiger partial charge on any atom is 0.317 e. The number of amides is 1. The van der Waals surface area contributed by atoms with Gasteiger partial charge in [-0.1, -0.05) is 0 Å². The first-order chi connectivity index (χ1) is 8.97. The standard InChI is InChI=1S/C12H17N3O4/c1-8-11(19-9(2)13-8)12(18)15-5-3-14(4-6-15)7-10(16)17/h3-7H2,1-2H3,(H,16,17). The number of carboxylic acids is 1. The Labute approximate surface area is 110 Å². The van der Waals surface area contributed by atoms with Crippen molar-refractivity contribution in [3.8, 4) is 0 Å². The summed E-state index contributed by atoms with van der Waals surface area (Å²) in [5, 5.41) is 8.71. The van der Waals surface area contributed by atoms with E-state index in [1.807, 2.05) is 4.90 Å². The molecule has 1 aliphatic heterocycles. The van der Waals surface area contributed by atoms with Crippen LogP contribution in [0.1, 0.15) is 22.1 Å². The van der Waals surface area contributed by atoms with Crippen molar-refractivity contribution >= 4 is 11.9 Å². The minimum Gasteiger partial charge on any atom is -0.480 e. The molecule has 0 saturated carbocycles. The van der Waals surface area contributed by atoms with Gasteiger partial charge in [0, 0.05) is 33.1 Å². The Morgan fingerprint density at radius 2 is 1.89 bits per heavy atom. The maximum atomic E-state index is 12.2. The zero-order chi connectivity index (χ0) is 14.0. The Morgan fingerprint density at radius 3 is 2.37 bits per heavy atom. The average Bonchev–Trinajstić information content (AvgIpc) is 2.68. The third-order valence-corrected chi connectivity index (χ3v) is 3.12. The molecule has 0 unspecified atom stereocenters. The van der Waals surface area contributed by atoms with Gasteiger partial charge in [-0.2, -0.15) is 0 Å². The fraction of sp³-hybridized carbons (Fsp3) is 0.583. The summed E-state index contributed by atoms with van der Waals surface area (Å²) in [4.78, 5) is 30.4. The van der Waals surface area contributed by atoms with Crippen LogP contribution < -0.4 is 0 Å². The number of aromatic nitrogens is 1. The van der Waals surface area contributed by atoms with Gasteiger partial charge >= 0.3 is 5.97 Å². The lowest BCUT2D eigenvalue weighted by atomic mass is 10.2. The predicted octanol–water partition coefficient (Wildman–Crippen LogP) is 0.134. The van der Waals surface area contributed by atoms with Crippen LogP contribution >= 0.6 is 0 Å². The van der Waals surface area contributed by atoms with Crippen molar-refractivity contribution in [2.75, 3.05) is 32.7 Å². The summed E-state index contributed by atoms with van der Waals surface area (Å²) in [6.07, 6.45) is 0. The number of nitrogens with zero attached hydrogens (tertiary/aromatic N) is 3. The van der Waals surface area contributed by atoms with Gasteiger partial charge in [0.05, 0.1) is 12.2 Å². The van der Waals surface area contributed by atoms with Crippen LogP contribution in [-0.2, 0) is 4.79 Å². The normalized spacial score (nSPS) is 16.6. The first-order valence-electron chi connectivity index (χ1n) is 6.15. The van der Waals surface area contributed by atoms with Crippen LogP contribution in [-0.4, -0.2) is 64.5 Å². The Morgan fingerprint density at radius 1 is 1.26 bits per heavy atom. The van der Waals surface area contributed by atoms with E-state index in [0.29, 0.717) is 37.8 Å². The van der Waals surface area contributed by atoms with Crippen LogP contribution in [0.4, 0.5) is 0 Å². The summed E-state index contributed by atoms with van der Waals surface area (Å²) in [6, 6.07) is 0. The Bertz CT molecular complexity index is 489. The van der Waals surface area contributed by atoms with Crippen molar-refractivity contribution in [1.82, 2.24) is 14.8 Å². The zero-order valence-corrected chi connectivity index (χ0v) is 11.0. The van der Waals surface area contributed by atoms with E-state index in [0.717, 1.165) is 0 Å². The number of carbonyl (C=O) groups excluding carboxylic acids is 1. The summed E-state index contributed by atoms with van der Waals surface area (Å²) in [5.41, 5.74) is 0.593. The van der Waals surface area contributed by atoms with Crippen molar-refractivity contribution in [2.45, 2.75) is 13.8 Å². The highest BCUT2D eigenvalue weighted by molar-refractivity contribution is 5.92. The molecule has 0 spiro atoms. The zero-order valence-electron chi connectivity index (χ0n) is 11.0. The largest absolute Gasteiger partial charge is 0.480 e. The molecule has 1 aromatic heterocycles. The Kier molecular flexibility index (Phi) is 3.84. The Balaban J connectivity index is 1.96. The van der Waals surface area contributed by atoms with Gasteiger partial charge in [0.25, 0.3) is 5.91 Å². The Hall–Kier alpha value is -1.89. The van der Waals surface area contributed by atoms with E-state index >= 15 is 0 Å². The molecule has 0 radical (unpaired) electrons. The van der Waals surface area contributed by atoms with Gasteiger partial charge < -0.3 is 14.4 Å². The second-order valence-electron chi connectivity index (χ2n) is 4.61. The molecule has 0 bridgehead atoms. The number of carbonyl (C=O) groups is 2. The van der Waals surface area contributed by atoms with Gasteiger partial charge in [-0.3, -0.25) is 14.5 Å². The second kappa shape index (κ2) is 5.40. The van der Waals surface area contributed by atoms with Crippen LogP contribution in [0.5, 0.6) is 0 Å². The topological polar surface area (TPSA) is 86.9 Å². The van der Waals surface area contributed by atoms with Crippen molar-refractivity contribution in [3.63, 3.8) is 0 Å². The van der Waals surface area contributed by atoms with E-state index < -0.39 is 5.97 Å². The monoisotopic (exact) mass is 267 g/mol. The molecule has 0 aromatic carbocycles. The first kappa shape index (κ1) is 13.5. The van der Waals surface area contributed by atoms with Crippen molar-refractivity contribution in [1.29, 1.82) is 0 Å². The molecule has 1 amide bonds. The van der Waals surface area contributed by atoms with Gasteiger partial charge in [-0.15, -0.1) is 0 Å². The van der Waals surface area contributed by atoms with Gasteiger partial charge in [0.15, 0.2) is 5.89 Å². The highest BCUT2D eigenvalue weighted by Gasteiger charge is 2.26. The van der Waals surface area contributed by atoms with Gasteiger partial charge in [0.2, 0.25) is 5.76 Å². The van der Waals surface area contributed by atoms with Gasteiger partial charge in [-0.25, -0.2) is 4.98 Å². The molecule has 1 N–H and O–H groups in total. The minimum absolute atomic E-state index is 0.0163. The first-order valence-corrected chi connectivity index (χ1v) is 6.15. The van der Waals surface area contributed by atoms with E-state index in [1.165, 1.54) is 0 Å². The molecule has 1 fully saturated rings. The fourth-order valence-electron chi connectivity index (χ4n) is 2.17. The van der Waals surface area contributed by atoms with Crippen LogP contribution in [0.25, 0.3) is 0 Å². The number of hydrogen-bond donors (Lipinski definition) is 1. The van der Waals surface area contributed by atoms with E-state index in [4.69, 9.17) is 9.52 Å². The molecule has 7 nitrogen and oxygen atoms in total. The number of rotatable bonds is 3. The van der Waals surface area contributed by atoms with Crippen LogP contribution in [0.15, 0.2) is 4.42 Å². The molecule has 1 saturated heterocycles. The highest BCUT2D eigenvalue weighted by Crippen LogP contribution is 2.14. The van der Waals surface area contributed by atoms with Crippen molar-refractivity contribution in [2.24, 2.45) is 0 Å². The number of aryl methyl sites for hydroxylation is 2. The van der Waals surface area contributed by atoms with Crippen LogP contribution in [0, 0.1) is 13.8 Å². The number of piperazine rings is 1. The SMILES string of the molecule is Cc1nc(C)c(C(=O)N2CCN(CC(=O)O)CC2)o1. The number of hydrogen-bond acceptors (Lipinski definition) is 5. The smallest absolute Gasteiger partial charge is 0.317 e. The summed E-state index contributed by atoms with van der Waals surface area (Å²) in [5.74, 6) is -0.260. The number of carboxylic acid groups (broad SMARTS) is 1. The van der Waals surface area contributed by atoms with E-state index in [2.05, 4.69) is 4.98 Å². The molecular formula is C12H17N3O4. The van der Waals surface area contributed by atoms with Crippen LogP contribution in [0.3, 0.4) is 0 Å². The quantitative estimate of drug-likeness (QED) is 0.838. The molecule has 0 aliphatic carbocycles. The molecule has 2 heterocycles. The fourth-order valence-corrected chi connectivity index (χ4v) is 2.17. The van der Waals surface area contributed by atoms with E-state index in [1.54, 1.807) is 18.7 Å². The molecule has 2 rings (SSSR count). The molecule has 104 valence electrons.